The highest BCUT2D eigenvalue weighted by molar-refractivity contribution is 6.75. The highest BCUT2D eigenvalue weighted by Gasteiger charge is 2.40. The van der Waals surface area contributed by atoms with Gasteiger partial charge in [-0.25, -0.2) is 0 Å². The van der Waals surface area contributed by atoms with Gasteiger partial charge in [0, 0.05) is 19.8 Å². The van der Waals surface area contributed by atoms with Crippen LogP contribution in [0.15, 0.2) is 11.8 Å². The van der Waals surface area contributed by atoms with Crippen LogP contribution in [0.25, 0.3) is 0 Å². The number of hydrogen-bond acceptors (Lipinski definition) is 2. The molecule has 0 bridgehead atoms. The summed E-state index contributed by atoms with van der Waals surface area (Å²) >= 11 is 0. The predicted octanol–water partition coefficient (Wildman–Crippen LogP) is 2.25. The van der Waals surface area contributed by atoms with E-state index in [0.717, 1.165) is 5.20 Å². The van der Waals surface area contributed by atoms with Gasteiger partial charge >= 0.3 is 8.56 Å². The summed E-state index contributed by atoms with van der Waals surface area (Å²) in [7, 11) is 1.31. The van der Waals surface area contributed by atoms with Crippen LogP contribution in [0.3, 0.4) is 0 Å². The Bertz CT molecular complexity index is 139. The quantitative estimate of drug-likeness (QED) is 0.609. The van der Waals surface area contributed by atoms with Crippen LogP contribution in [0.5, 0.6) is 0 Å². The van der Waals surface area contributed by atoms with Crippen molar-refractivity contribution < 1.29 is 8.85 Å². The van der Waals surface area contributed by atoms with Crippen molar-refractivity contribution in [3.05, 3.63) is 11.8 Å². The lowest BCUT2D eigenvalue weighted by molar-refractivity contribution is 0.243. The summed E-state index contributed by atoms with van der Waals surface area (Å²) in [5.74, 6) is 0. The highest BCUT2D eigenvalue weighted by Crippen LogP contribution is 2.27. The van der Waals surface area contributed by atoms with Gasteiger partial charge in [0.15, 0.2) is 0 Å². The average molecular weight is 174 g/mol. The van der Waals surface area contributed by atoms with E-state index in [1.807, 2.05) is 6.92 Å². The van der Waals surface area contributed by atoms with Crippen LogP contribution in [0.4, 0.5) is 0 Å². The molecule has 0 spiro atoms. The number of rotatable bonds is 4. The molecule has 0 aromatic carbocycles. The number of allylic oxidation sites excluding steroid dienone is 1. The van der Waals surface area contributed by atoms with Gasteiger partial charge in [-0.2, -0.15) is 0 Å². The summed E-state index contributed by atoms with van der Waals surface area (Å²) < 4.78 is 10.9. The molecule has 11 heavy (non-hydrogen) atoms. The Morgan fingerprint density at radius 2 is 1.64 bits per heavy atom. The smallest absolute Gasteiger partial charge is 0.369 e. The lowest BCUT2D eigenvalue weighted by Gasteiger charge is -2.31. The van der Waals surface area contributed by atoms with Gasteiger partial charge < -0.3 is 8.85 Å². The fourth-order valence-electron chi connectivity index (χ4n) is 1.40. The van der Waals surface area contributed by atoms with Crippen molar-refractivity contribution in [3.63, 3.8) is 0 Å². The minimum atomic E-state index is -2.09. The van der Waals surface area contributed by atoms with Crippen LogP contribution in [0.2, 0.25) is 5.54 Å². The van der Waals surface area contributed by atoms with Crippen molar-refractivity contribution in [2.75, 3.05) is 14.2 Å². The fraction of sp³-hybridized carbons (Fsp3) is 0.750. The van der Waals surface area contributed by atoms with E-state index < -0.39 is 8.56 Å². The lowest BCUT2D eigenvalue weighted by Crippen LogP contribution is -2.44. The van der Waals surface area contributed by atoms with Crippen LogP contribution in [0.1, 0.15) is 20.8 Å². The van der Waals surface area contributed by atoms with E-state index in [4.69, 9.17) is 8.85 Å². The van der Waals surface area contributed by atoms with Gasteiger partial charge in [-0.15, -0.1) is 0 Å². The van der Waals surface area contributed by atoms with Crippen LogP contribution in [-0.2, 0) is 8.85 Å². The fourth-order valence-corrected chi connectivity index (χ4v) is 4.19. The van der Waals surface area contributed by atoms with Gasteiger partial charge in [0.05, 0.1) is 0 Å². The summed E-state index contributed by atoms with van der Waals surface area (Å²) in [6.45, 7) is 10.1. The second-order valence-corrected chi connectivity index (χ2v) is 7.17. The molecule has 66 valence electrons. The van der Waals surface area contributed by atoms with Crippen molar-refractivity contribution in [1.29, 1.82) is 0 Å². The maximum absolute atomic E-state index is 5.43. The van der Waals surface area contributed by atoms with E-state index in [-0.39, 0.29) is 0 Å². The average Bonchev–Trinajstić information content (AvgIpc) is 1.90. The Balaban J connectivity index is 4.61. The second kappa shape index (κ2) is 4.04. The van der Waals surface area contributed by atoms with Crippen LogP contribution in [-0.4, -0.2) is 22.8 Å². The van der Waals surface area contributed by atoms with Gasteiger partial charge in [0.1, 0.15) is 0 Å². The molecule has 0 unspecified atom stereocenters. The van der Waals surface area contributed by atoms with Crippen molar-refractivity contribution in [3.8, 4) is 0 Å². The molecule has 0 aromatic rings. The maximum Gasteiger partial charge on any atom is 0.369 e. The Labute approximate surface area is 70.5 Å². The lowest BCUT2D eigenvalue weighted by atomic mass is 10.6. The molecule has 0 radical (unpaired) electrons. The zero-order valence-corrected chi connectivity index (χ0v) is 9.10. The molecule has 0 saturated carbocycles. The first kappa shape index (κ1) is 10.9. The molecule has 0 rings (SSSR count). The summed E-state index contributed by atoms with van der Waals surface area (Å²) in [5, 5.41) is 1.04. The van der Waals surface area contributed by atoms with E-state index in [0.29, 0.717) is 5.54 Å². The van der Waals surface area contributed by atoms with Crippen molar-refractivity contribution in [1.82, 2.24) is 0 Å². The van der Waals surface area contributed by atoms with E-state index in [1.165, 1.54) is 0 Å². The second-order valence-electron chi connectivity index (χ2n) is 3.01. The minimum Gasteiger partial charge on any atom is -0.394 e. The Kier molecular flexibility index (Phi) is 4.00. The first-order valence-corrected chi connectivity index (χ1v) is 5.67. The molecule has 0 saturated heterocycles. The third-order valence-electron chi connectivity index (χ3n) is 1.96. The van der Waals surface area contributed by atoms with E-state index >= 15 is 0 Å². The van der Waals surface area contributed by atoms with Crippen molar-refractivity contribution in [2.24, 2.45) is 0 Å². The Morgan fingerprint density at radius 3 is 1.64 bits per heavy atom. The zero-order valence-electron chi connectivity index (χ0n) is 8.10. The third-order valence-corrected chi connectivity index (χ3v) is 5.88. The van der Waals surface area contributed by atoms with Crippen LogP contribution < -0.4 is 0 Å². The molecule has 0 aliphatic rings. The number of hydrogen-bond donors (Lipinski definition) is 0. The zero-order chi connectivity index (χ0) is 9.07. The molecule has 0 amide bonds. The summed E-state index contributed by atoms with van der Waals surface area (Å²) in [6, 6.07) is 0. The van der Waals surface area contributed by atoms with Gasteiger partial charge in [-0.05, 0) is 12.1 Å². The predicted molar refractivity (Wildman–Crippen MR) is 49.7 cm³/mol. The third kappa shape index (κ3) is 1.92. The van der Waals surface area contributed by atoms with E-state index in [1.54, 1.807) is 14.2 Å². The van der Waals surface area contributed by atoms with Crippen LogP contribution in [0, 0.1) is 0 Å². The monoisotopic (exact) mass is 174 g/mol. The van der Waals surface area contributed by atoms with Crippen LogP contribution >= 0.6 is 0 Å². The van der Waals surface area contributed by atoms with E-state index in [2.05, 4.69) is 20.4 Å². The van der Waals surface area contributed by atoms with Crippen molar-refractivity contribution in [2.45, 2.75) is 26.3 Å². The van der Waals surface area contributed by atoms with Gasteiger partial charge in [-0.1, -0.05) is 20.4 Å². The molecule has 0 heterocycles. The summed E-state index contributed by atoms with van der Waals surface area (Å²) in [4.78, 5) is 0. The first-order valence-electron chi connectivity index (χ1n) is 3.77. The normalized spacial score (nSPS) is 12.2. The Morgan fingerprint density at radius 1 is 1.27 bits per heavy atom. The van der Waals surface area contributed by atoms with Gasteiger partial charge in [-0.3, -0.25) is 0 Å². The molecule has 0 aliphatic carbocycles. The summed E-state index contributed by atoms with van der Waals surface area (Å²) in [6.07, 6.45) is 0. The molecule has 0 aromatic heterocycles. The molecule has 0 aliphatic heterocycles. The minimum absolute atomic E-state index is 0.412. The van der Waals surface area contributed by atoms with Gasteiger partial charge in [0.25, 0.3) is 0 Å². The molecular weight excluding hydrogens is 156 g/mol. The SMILES string of the molecule is C=C(C)[Si](OC)(OC)C(C)C. The molecule has 0 N–H and O–H groups in total. The van der Waals surface area contributed by atoms with E-state index in [9.17, 15) is 0 Å². The molecule has 0 fully saturated rings. The first-order chi connectivity index (χ1) is 5.01. The highest BCUT2D eigenvalue weighted by atomic mass is 28.4. The maximum atomic E-state index is 5.43. The standard InChI is InChI=1S/C8H18O2Si/c1-7(2)11(9-5,10-6)8(3)4/h8H,1H2,2-6H3. The molecule has 0 atom stereocenters. The molecular formula is C8H18O2Si. The van der Waals surface area contributed by atoms with Gasteiger partial charge in [0.2, 0.25) is 0 Å². The molecule has 2 nitrogen and oxygen atoms in total. The topological polar surface area (TPSA) is 18.5 Å². The molecule has 3 heteroatoms. The summed E-state index contributed by atoms with van der Waals surface area (Å²) in [5.41, 5.74) is 0.412. The largest absolute Gasteiger partial charge is 0.394 e. The Hall–Kier alpha value is -0.123. The van der Waals surface area contributed by atoms with Crippen molar-refractivity contribution >= 4 is 8.56 Å².